The maximum atomic E-state index is 6.25. The first-order chi connectivity index (χ1) is 17.5. The van der Waals surface area contributed by atoms with Gasteiger partial charge in [-0.25, -0.2) is 4.98 Å². The highest BCUT2D eigenvalue weighted by Crippen LogP contribution is 2.42. The second kappa shape index (κ2) is 10.9. The second-order valence-corrected chi connectivity index (χ2v) is 10.6. The zero-order chi connectivity index (χ0) is 25.2. The molecule has 2 fully saturated rings. The minimum absolute atomic E-state index is 0.164. The van der Waals surface area contributed by atoms with E-state index in [2.05, 4.69) is 78.1 Å². The third-order valence-electron chi connectivity index (χ3n) is 8.07. The number of rotatable bonds is 7. The fourth-order valence-electron chi connectivity index (χ4n) is 5.98. The number of piperidine rings is 1. The lowest BCUT2D eigenvalue weighted by Gasteiger charge is -2.39. The van der Waals surface area contributed by atoms with Gasteiger partial charge >= 0.3 is 0 Å². The van der Waals surface area contributed by atoms with Gasteiger partial charge in [0.05, 0.1) is 41.9 Å². The lowest BCUT2D eigenvalue weighted by atomic mass is 9.90. The van der Waals surface area contributed by atoms with E-state index >= 15 is 0 Å². The Morgan fingerprint density at radius 1 is 1.00 bits per heavy atom. The number of imidazole rings is 1. The Hall–Kier alpha value is -2.48. The number of pyridine rings is 2. The summed E-state index contributed by atoms with van der Waals surface area (Å²) in [5.74, 6) is 1.24. The van der Waals surface area contributed by atoms with Crippen molar-refractivity contribution in [3.63, 3.8) is 0 Å². The highest BCUT2D eigenvalue weighted by atomic mass is 16.5. The van der Waals surface area contributed by atoms with Crippen LogP contribution in [0.1, 0.15) is 74.8 Å². The summed E-state index contributed by atoms with van der Waals surface area (Å²) < 4.78 is 8.63. The van der Waals surface area contributed by atoms with E-state index in [-0.39, 0.29) is 12.1 Å². The van der Waals surface area contributed by atoms with Gasteiger partial charge in [0.25, 0.3) is 0 Å². The fourth-order valence-corrected chi connectivity index (χ4v) is 5.98. The van der Waals surface area contributed by atoms with Crippen molar-refractivity contribution in [2.75, 3.05) is 44.7 Å². The van der Waals surface area contributed by atoms with E-state index in [1.807, 2.05) is 12.3 Å². The topological polar surface area (TPSA) is 49.1 Å². The molecule has 0 aliphatic carbocycles. The van der Waals surface area contributed by atoms with Crippen molar-refractivity contribution in [1.29, 1.82) is 0 Å². The van der Waals surface area contributed by atoms with Gasteiger partial charge in [0, 0.05) is 32.4 Å². The number of likely N-dealkylation sites (tertiary alicyclic amines) is 1. The maximum Gasteiger partial charge on any atom is 0.138 e. The zero-order valence-electron chi connectivity index (χ0n) is 22.7. The fraction of sp³-hybridized carbons (Fsp3) is 0.586. The van der Waals surface area contributed by atoms with Gasteiger partial charge in [-0.3, -0.25) is 14.3 Å². The molecule has 0 aromatic carbocycles. The number of piperazine rings is 1. The lowest BCUT2D eigenvalue weighted by molar-refractivity contribution is 0.0593. The molecular weight excluding hydrogens is 448 g/mol. The average molecular weight is 491 g/mol. The molecule has 3 aromatic rings. The first-order valence-electron chi connectivity index (χ1n) is 13.7. The van der Waals surface area contributed by atoms with E-state index in [9.17, 15) is 0 Å². The third-order valence-corrected chi connectivity index (χ3v) is 8.07. The van der Waals surface area contributed by atoms with E-state index in [1.165, 1.54) is 29.2 Å². The van der Waals surface area contributed by atoms with E-state index in [0.717, 1.165) is 56.9 Å². The number of fused-ring (bicyclic) bond motifs is 1. The Morgan fingerprint density at radius 3 is 2.44 bits per heavy atom. The molecule has 2 aliphatic heterocycles. The monoisotopic (exact) mass is 490 g/mol. The number of aromatic nitrogens is 3. The van der Waals surface area contributed by atoms with Crippen LogP contribution in [0.2, 0.25) is 0 Å². The summed E-state index contributed by atoms with van der Waals surface area (Å²) in [6, 6.07) is 11.3. The molecule has 7 heteroatoms. The van der Waals surface area contributed by atoms with E-state index in [4.69, 9.17) is 14.7 Å². The van der Waals surface area contributed by atoms with Crippen LogP contribution in [0.5, 0.6) is 0 Å². The summed E-state index contributed by atoms with van der Waals surface area (Å²) in [5.41, 5.74) is 5.84. The van der Waals surface area contributed by atoms with Crippen LogP contribution in [0.25, 0.3) is 5.65 Å². The predicted octanol–water partition coefficient (Wildman–Crippen LogP) is 5.00. The van der Waals surface area contributed by atoms with Crippen molar-refractivity contribution in [2.24, 2.45) is 0 Å². The van der Waals surface area contributed by atoms with Crippen LogP contribution in [0.4, 0.5) is 5.82 Å². The molecule has 0 saturated carbocycles. The number of ether oxygens (including phenoxy) is 1. The second-order valence-electron chi connectivity index (χ2n) is 10.6. The van der Waals surface area contributed by atoms with Gasteiger partial charge in [0.1, 0.15) is 11.5 Å². The minimum Gasteiger partial charge on any atom is -0.372 e. The SMILES string of the molecule is CCN1CCN(c2cccc3nc(C4CCCC(c5ncccc5C)N4C)c(COC(C)C)n23)CC1. The van der Waals surface area contributed by atoms with Crippen LogP contribution in [-0.4, -0.2) is 70.0 Å². The molecule has 2 unspecified atom stereocenters. The highest BCUT2D eigenvalue weighted by Gasteiger charge is 2.35. The van der Waals surface area contributed by atoms with Crippen molar-refractivity contribution in [2.45, 2.75) is 71.8 Å². The van der Waals surface area contributed by atoms with Crippen LogP contribution >= 0.6 is 0 Å². The number of nitrogens with zero attached hydrogens (tertiary/aromatic N) is 6. The van der Waals surface area contributed by atoms with Gasteiger partial charge in [-0.15, -0.1) is 0 Å². The molecule has 7 nitrogen and oxygen atoms in total. The summed E-state index contributed by atoms with van der Waals surface area (Å²) in [4.78, 5) is 17.6. The molecule has 5 rings (SSSR count). The quantitative estimate of drug-likeness (QED) is 0.464. The standard InChI is InChI=1S/C29H42N6O/c1-6-33-16-18-34(19-17-33)27-14-8-13-26-31-29(25(35(26)27)20-36-21(2)3)24-12-7-11-23(32(24)5)28-22(4)10-9-15-30-28/h8-10,13-15,21,23-24H,6-7,11-12,16-20H2,1-5H3. The minimum atomic E-state index is 0.164. The van der Waals surface area contributed by atoms with Crippen molar-refractivity contribution in [1.82, 2.24) is 24.2 Å². The molecule has 0 radical (unpaired) electrons. The molecule has 0 amide bonds. The summed E-state index contributed by atoms with van der Waals surface area (Å²) in [6.07, 6.45) is 5.49. The highest BCUT2D eigenvalue weighted by molar-refractivity contribution is 5.55. The van der Waals surface area contributed by atoms with Gasteiger partial charge in [-0.1, -0.05) is 19.1 Å². The van der Waals surface area contributed by atoms with Crippen molar-refractivity contribution >= 4 is 11.5 Å². The summed E-state index contributed by atoms with van der Waals surface area (Å²) in [7, 11) is 2.25. The number of hydrogen-bond donors (Lipinski definition) is 0. The van der Waals surface area contributed by atoms with Crippen molar-refractivity contribution in [3.05, 3.63) is 59.2 Å². The van der Waals surface area contributed by atoms with Gasteiger partial charge in [0.15, 0.2) is 0 Å². The number of likely N-dealkylation sites (N-methyl/N-ethyl adjacent to an activating group) is 1. The summed E-state index contributed by atoms with van der Waals surface area (Å²) >= 11 is 0. The molecule has 36 heavy (non-hydrogen) atoms. The van der Waals surface area contributed by atoms with Crippen LogP contribution < -0.4 is 4.90 Å². The van der Waals surface area contributed by atoms with E-state index in [1.54, 1.807) is 0 Å². The smallest absolute Gasteiger partial charge is 0.138 e. The summed E-state index contributed by atoms with van der Waals surface area (Å²) in [5, 5.41) is 0. The van der Waals surface area contributed by atoms with Gasteiger partial charge in [-0.2, -0.15) is 0 Å². The summed E-state index contributed by atoms with van der Waals surface area (Å²) in [6.45, 7) is 14.6. The average Bonchev–Trinajstić information content (AvgIpc) is 3.26. The normalized spacial score (nSPS) is 22.1. The van der Waals surface area contributed by atoms with Gasteiger partial charge < -0.3 is 14.5 Å². The Labute approximate surface area is 216 Å². The predicted molar refractivity (Wildman–Crippen MR) is 146 cm³/mol. The molecule has 0 N–H and O–H groups in total. The van der Waals surface area contributed by atoms with Crippen LogP contribution in [-0.2, 0) is 11.3 Å². The largest absolute Gasteiger partial charge is 0.372 e. The van der Waals surface area contributed by atoms with Gasteiger partial charge in [-0.05, 0) is 77.4 Å². The first kappa shape index (κ1) is 25.2. The zero-order valence-corrected chi connectivity index (χ0v) is 22.7. The lowest BCUT2D eigenvalue weighted by Crippen LogP contribution is -2.46. The van der Waals surface area contributed by atoms with Crippen LogP contribution in [0.3, 0.4) is 0 Å². The van der Waals surface area contributed by atoms with Gasteiger partial charge in [0.2, 0.25) is 0 Å². The van der Waals surface area contributed by atoms with Crippen molar-refractivity contribution in [3.8, 4) is 0 Å². The molecule has 5 heterocycles. The molecule has 2 atom stereocenters. The Bertz CT molecular complexity index is 1170. The molecule has 3 aromatic heterocycles. The molecule has 0 spiro atoms. The van der Waals surface area contributed by atoms with Crippen LogP contribution in [0, 0.1) is 6.92 Å². The number of anilines is 1. The molecular formula is C29H42N6O. The Balaban J connectivity index is 1.55. The Morgan fingerprint density at radius 2 is 1.75 bits per heavy atom. The van der Waals surface area contributed by atoms with Crippen LogP contribution in [0.15, 0.2) is 36.5 Å². The molecule has 194 valence electrons. The molecule has 0 bridgehead atoms. The van der Waals surface area contributed by atoms with E-state index < -0.39 is 0 Å². The van der Waals surface area contributed by atoms with E-state index in [0.29, 0.717) is 12.6 Å². The first-order valence-corrected chi connectivity index (χ1v) is 13.7. The Kier molecular flexibility index (Phi) is 7.60. The molecule has 2 aliphatic rings. The number of aryl methyl sites for hydroxylation is 1. The third kappa shape index (κ3) is 4.89. The molecule has 2 saturated heterocycles. The maximum absolute atomic E-state index is 6.25. The van der Waals surface area contributed by atoms with Crippen molar-refractivity contribution < 1.29 is 4.74 Å². The number of hydrogen-bond acceptors (Lipinski definition) is 6.